The van der Waals surface area contributed by atoms with E-state index >= 15 is 0 Å². The first-order valence-corrected chi connectivity index (χ1v) is 10.7. The van der Waals surface area contributed by atoms with Gasteiger partial charge in [-0.2, -0.15) is 15.2 Å². The van der Waals surface area contributed by atoms with Crippen LogP contribution in [-0.2, 0) is 17.3 Å². The molecule has 31 heavy (non-hydrogen) atoms. The molecule has 2 atom stereocenters. The van der Waals surface area contributed by atoms with Gasteiger partial charge in [-0.15, -0.1) is 0 Å². The molecule has 3 N–H and O–H groups in total. The number of fused-ring (bicyclic) bond motifs is 2. The zero-order chi connectivity index (χ0) is 21.2. The number of anilines is 3. The van der Waals surface area contributed by atoms with Gasteiger partial charge in [-0.25, -0.2) is 4.98 Å². The Kier molecular flexibility index (Phi) is 3.95. The molecule has 0 unspecified atom stereocenters. The number of hydrogen-bond acceptors (Lipinski definition) is 7. The highest BCUT2D eigenvalue weighted by atomic mass is 16.3. The number of aromatic nitrogens is 6. The summed E-state index contributed by atoms with van der Waals surface area (Å²) in [6.07, 6.45) is 11.6. The normalized spacial score (nSPS) is 23.9. The number of aliphatic hydroxyl groups excluding tert-OH is 1. The fourth-order valence-corrected chi connectivity index (χ4v) is 4.99. The van der Waals surface area contributed by atoms with Crippen LogP contribution in [0, 0.1) is 0 Å². The molecule has 1 spiro atoms. The Labute approximate surface area is 178 Å². The molecular weight excluding hydrogens is 396 g/mol. The summed E-state index contributed by atoms with van der Waals surface area (Å²) in [5.41, 5.74) is 2.89. The summed E-state index contributed by atoms with van der Waals surface area (Å²) >= 11 is 0. The van der Waals surface area contributed by atoms with Crippen molar-refractivity contribution in [2.24, 2.45) is 7.05 Å². The minimum absolute atomic E-state index is 0.0161. The third kappa shape index (κ3) is 2.85. The lowest BCUT2D eigenvalue weighted by Crippen LogP contribution is -2.44. The second kappa shape index (κ2) is 6.61. The molecule has 10 heteroatoms. The number of hydrogen-bond donors (Lipinski definition) is 3. The summed E-state index contributed by atoms with van der Waals surface area (Å²) in [4.78, 5) is 24.5. The fourth-order valence-electron chi connectivity index (χ4n) is 4.99. The summed E-state index contributed by atoms with van der Waals surface area (Å²) in [6.45, 7) is 0. The molecule has 0 bridgehead atoms. The summed E-state index contributed by atoms with van der Waals surface area (Å²) < 4.78 is 1.73. The van der Waals surface area contributed by atoms with Crippen molar-refractivity contribution >= 4 is 23.4 Å². The Morgan fingerprint density at radius 2 is 2.13 bits per heavy atom. The highest BCUT2D eigenvalue weighted by Gasteiger charge is 2.61. The number of carbonyl (C=O) groups excluding carboxylic acids is 1. The third-order valence-corrected chi connectivity index (χ3v) is 6.75. The van der Waals surface area contributed by atoms with E-state index in [-0.39, 0.29) is 18.1 Å². The molecule has 1 amide bonds. The number of aryl methyl sites for hydroxylation is 1. The molecule has 6 rings (SSSR count). The van der Waals surface area contributed by atoms with Crippen LogP contribution in [0.25, 0.3) is 11.3 Å². The van der Waals surface area contributed by atoms with E-state index in [1.165, 1.54) is 0 Å². The van der Waals surface area contributed by atoms with Crippen molar-refractivity contribution in [2.45, 2.75) is 56.1 Å². The highest BCUT2D eigenvalue weighted by Crippen LogP contribution is 2.57. The maximum absolute atomic E-state index is 13.4. The van der Waals surface area contributed by atoms with E-state index in [1.54, 1.807) is 23.3 Å². The quantitative estimate of drug-likeness (QED) is 0.590. The van der Waals surface area contributed by atoms with E-state index in [0.717, 1.165) is 54.6 Å². The number of nitrogens with zero attached hydrogens (tertiary/aromatic N) is 6. The van der Waals surface area contributed by atoms with E-state index in [0.29, 0.717) is 18.2 Å². The molecule has 2 fully saturated rings. The average Bonchev–Trinajstić information content (AvgIpc) is 3.12. The van der Waals surface area contributed by atoms with Gasteiger partial charge in [0.25, 0.3) is 0 Å². The molecule has 3 aromatic heterocycles. The van der Waals surface area contributed by atoms with Gasteiger partial charge in [0.05, 0.1) is 35.3 Å². The Morgan fingerprint density at radius 1 is 1.26 bits per heavy atom. The molecule has 3 aliphatic rings. The van der Waals surface area contributed by atoms with Gasteiger partial charge in [0, 0.05) is 36.6 Å². The van der Waals surface area contributed by atoms with Gasteiger partial charge >= 0.3 is 0 Å². The van der Waals surface area contributed by atoms with Crippen LogP contribution in [0.5, 0.6) is 0 Å². The van der Waals surface area contributed by atoms with Gasteiger partial charge in [0.1, 0.15) is 5.82 Å². The number of aliphatic hydroxyl groups is 1. The molecule has 3 aromatic rings. The van der Waals surface area contributed by atoms with E-state index in [9.17, 15) is 9.90 Å². The number of nitrogens with one attached hydrogen (secondary N) is 2. The highest BCUT2D eigenvalue weighted by molar-refractivity contribution is 6.09. The van der Waals surface area contributed by atoms with Gasteiger partial charge in [-0.1, -0.05) is 0 Å². The lowest BCUT2D eigenvalue weighted by atomic mass is 9.92. The van der Waals surface area contributed by atoms with Crippen LogP contribution in [0.3, 0.4) is 0 Å². The number of amides is 1. The molecule has 0 aromatic carbocycles. The molecule has 2 saturated carbocycles. The van der Waals surface area contributed by atoms with Gasteiger partial charge in [0.15, 0.2) is 0 Å². The lowest BCUT2D eigenvalue weighted by molar-refractivity contribution is -0.121. The Balaban J connectivity index is 1.35. The van der Waals surface area contributed by atoms with Crippen LogP contribution >= 0.6 is 0 Å². The second-order valence-corrected chi connectivity index (χ2v) is 8.85. The van der Waals surface area contributed by atoms with E-state index < -0.39 is 5.41 Å². The maximum atomic E-state index is 13.4. The maximum Gasteiger partial charge on any atom is 0.239 e. The first-order valence-electron chi connectivity index (χ1n) is 10.7. The Bertz CT molecular complexity index is 1160. The molecule has 10 nitrogen and oxygen atoms in total. The van der Waals surface area contributed by atoms with Gasteiger partial charge in [0.2, 0.25) is 11.9 Å². The summed E-state index contributed by atoms with van der Waals surface area (Å²) in [5.74, 6) is 1.22. The SMILES string of the molecule is Cn1cc(-c2[nH]ncc2Nc2ncc3c(n2)N([C@@H]2CCC[C@@H](O)C2)C(=O)C32CC2)cn1. The lowest BCUT2D eigenvalue weighted by Gasteiger charge is -2.33. The third-order valence-electron chi connectivity index (χ3n) is 6.75. The number of rotatable bonds is 4. The molecule has 1 aliphatic heterocycles. The second-order valence-electron chi connectivity index (χ2n) is 8.85. The molecule has 0 radical (unpaired) electrons. The van der Waals surface area contributed by atoms with Crippen molar-refractivity contribution < 1.29 is 9.90 Å². The van der Waals surface area contributed by atoms with Crippen molar-refractivity contribution in [3.05, 3.63) is 30.4 Å². The van der Waals surface area contributed by atoms with Gasteiger partial charge in [-0.05, 0) is 38.5 Å². The van der Waals surface area contributed by atoms with Crippen LogP contribution < -0.4 is 10.2 Å². The zero-order valence-electron chi connectivity index (χ0n) is 17.2. The van der Waals surface area contributed by atoms with Crippen molar-refractivity contribution in [1.82, 2.24) is 29.9 Å². The molecule has 0 saturated heterocycles. The molecule has 160 valence electrons. The van der Waals surface area contributed by atoms with E-state index in [1.807, 2.05) is 18.1 Å². The van der Waals surface area contributed by atoms with Crippen LogP contribution in [-0.4, -0.2) is 53.1 Å². The Morgan fingerprint density at radius 3 is 2.87 bits per heavy atom. The van der Waals surface area contributed by atoms with Crippen LogP contribution in [0.15, 0.2) is 24.8 Å². The standard InChI is InChI=1S/C21H24N8O2/c1-28-11-12(8-24-28)17-16(10-23-27-17)25-20-22-9-15-18(26-20)29(19(31)21(15)5-6-21)13-3-2-4-14(30)7-13/h8-11,13-14,30H,2-7H2,1H3,(H,23,27)(H,22,25,26)/t13-,14-/m1/s1. The van der Waals surface area contributed by atoms with Gasteiger partial charge < -0.3 is 10.4 Å². The van der Waals surface area contributed by atoms with Gasteiger partial charge in [-0.3, -0.25) is 19.5 Å². The summed E-state index contributed by atoms with van der Waals surface area (Å²) in [6, 6.07) is -0.0161. The molecule has 2 aliphatic carbocycles. The van der Waals surface area contributed by atoms with Crippen molar-refractivity contribution in [3.63, 3.8) is 0 Å². The summed E-state index contributed by atoms with van der Waals surface area (Å²) in [7, 11) is 1.86. The zero-order valence-corrected chi connectivity index (χ0v) is 17.2. The van der Waals surface area contributed by atoms with Crippen molar-refractivity contribution in [2.75, 3.05) is 10.2 Å². The minimum Gasteiger partial charge on any atom is -0.393 e. The van der Waals surface area contributed by atoms with Crippen LogP contribution in [0.4, 0.5) is 17.5 Å². The van der Waals surface area contributed by atoms with Crippen LogP contribution in [0.2, 0.25) is 0 Å². The fraction of sp³-hybridized carbons (Fsp3) is 0.476. The monoisotopic (exact) mass is 420 g/mol. The number of aromatic amines is 1. The number of carbonyl (C=O) groups is 1. The molecule has 4 heterocycles. The number of H-pyrrole nitrogens is 1. The Hall–Kier alpha value is -3.27. The smallest absolute Gasteiger partial charge is 0.239 e. The molecular formula is C21H24N8O2. The van der Waals surface area contributed by atoms with E-state index in [4.69, 9.17) is 4.98 Å². The minimum atomic E-state index is -0.452. The topological polar surface area (TPSA) is 125 Å². The summed E-state index contributed by atoms with van der Waals surface area (Å²) in [5, 5.41) is 24.8. The largest absolute Gasteiger partial charge is 0.393 e. The van der Waals surface area contributed by atoms with E-state index in [2.05, 4.69) is 25.6 Å². The van der Waals surface area contributed by atoms with Crippen LogP contribution in [0.1, 0.15) is 44.1 Å². The van der Waals surface area contributed by atoms with Crippen molar-refractivity contribution in [1.29, 1.82) is 0 Å². The average molecular weight is 420 g/mol. The predicted molar refractivity (Wildman–Crippen MR) is 113 cm³/mol. The van der Waals surface area contributed by atoms with Crippen molar-refractivity contribution in [3.8, 4) is 11.3 Å². The first kappa shape index (κ1) is 18.5. The predicted octanol–water partition coefficient (Wildman–Crippen LogP) is 2.03. The first-order chi connectivity index (χ1) is 15.0.